The van der Waals surface area contributed by atoms with Crippen LogP contribution in [0.2, 0.25) is 0 Å². The summed E-state index contributed by atoms with van der Waals surface area (Å²) in [5, 5.41) is 10.1. The van der Waals surface area contributed by atoms with Crippen LogP contribution in [0.25, 0.3) is 10.9 Å². The van der Waals surface area contributed by atoms with Gasteiger partial charge in [-0.1, -0.05) is 6.07 Å². The SMILES string of the molecule is COC(=O)c1ccc2nc(C(C)(O)C(F)(F)F)ccc2c1. The van der Waals surface area contributed by atoms with Crippen LogP contribution in [0.3, 0.4) is 0 Å². The molecule has 2 rings (SSSR count). The number of hydrogen-bond acceptors (Lipinski definition) is 4. The molecular weight excluding hydrogens is 287 g/mol. The average molecular weight is 299 g/mol. The lowest BCUT2D eigenvalue weighted by Crippen LogP contribution is -2.39. The summed E-state index contributed by atoms with van der Waals surface area (Å²) in [6, 6.07) is 6.70. The highest BCUT2D eigenvalue weighted by atomic mass is 19.4. The van der Waals surface area contributed by atoms with Crippen LogP contribution in [-0.2, 0) is 10.3 Å². The van der Waals surface area contributed by atoms with Crippen LogP contribution in [0.4, 0.5) is 13.2 Å². The molecule has 1 unspecified atom stereocenters. The van der Waals surface area contributed by atoms with E-state index in [1.54, 1.807) is 0 Å². The maximum Gasteiger partial charge on any atom is 0.422 e. The first-order valence-electron chi connectivity index (χ1n) is 5.95. The van der Waals surface area contributed by atoms with Crippen molar-refractivity contribution in [1.82, 2.24) is 4.98 Å². The normalized spacial score (nSPS) is 14.8. The Morgan fingerprint density at radius 2 is 1.90 bits per heavy atom. The van der Waals surface area contributed by atoms with Gasteiger partial charge in [0.15, 0.2) is 5.60 Å². The third kappa shape index (κ3) is 2.69. The smallest absolute Gasteiger partial charge is 0.422 e. The molecule has 0 radical (unpaired) electrons. The summed E-state index contributed by atoms with van der Waals surface area (Å²) in [5.41, 5.74) is -3.04. The molecule has 21 heavy (non-hydrogen) atoms. The molecule has 1 aromatic carbocycles. The summed E-state index contributed by atoms with van der Waals surface area (Å²) < 4.78 is 42.9. The Bertz CT molecular complexity index is 695. The lowest BCUT2D eigenvalue weighted by atomic mass is 10.00. The summed E-state index contributed by atoms with van der Waals surface area (Å²) in [6.45, 7) is 0.643. The van der Waals surface area contributed by atoms with Crippen molar-refractivity contribution in [3.05, 3.63) is 41.6 Å². The van der Waals surface area contributed by atoms with Crippen LogP contribution in [0.5, 0.6) is 0 Å². The fourth-order valence-corrected chi connectivity index (χ4v) is 1.79. The molecule has 0 aliphatic rings. The first-order chi connectivity index (χ1) is 9.66. The molecule has 4 nitrogen and oxygen atoms in total. The molecule has 1 atom stereocenters. The summed E-state index contributed by atoms with van der Waals surface area (Å²) in [5.74, 6) is -0.553. The van der Waals surface area contributed by atoms with Crippen molar-refractivity contribution in [3.8, 4) is 0 Å². The second-order valence-corrected chi connectivity index (χ2v) is 4.67. The van der Waals surface area contributed by atoms with Gasteiger partial charge in [0.2, 0.25) is 0 Å². The number of ether oxygens (including phenoxy) is 1. The molecule has 7 heteroatoms. The zero-order valence-corrected chi connectivity index (χ0v) is 11.2. The van der Waals surface area contributed by atoms with Gasteiger partial charge < -0.3 is 9.84 Å². The van der Waals surface area contributed by atoms with Crippen LogP contribution in [0, 0.1) is 0 Å². The third-order valence-electron chi connectivity index (χ3n) is 3.16. The number of alkyl halides is 3. The second-order valence-electron chi connectivity index (χ2n) is 4.67. The predicted octanol–water partition coefficient (Wildman–Crippen LogP) is 2.79. The first-order valence-corrected chi connectivity index (χ1v) is 5.95. The Morgan fingerprint density at radius 3 is 2.48 bits per heavy atom. The minimum Gasteiger partial charge on any atom is -0.465 e. The summed E-state index contributed by atoms with van der Waals surface area (Å²) in [6.07, 6.45) is -4.83. The van der Waals surface area contributed by atoms with E-state index in [0.717, 1.165) is 6.07 Å². The number of methoxy groups -OCH3 is 1. The van der Waals surface area contributed by atoms with Crippen LogP contribution in [-0.4, -0.2) is 29.3 Å². The van der Waals surface area contributed by atoms with Crippen molar-refractivity contribution in [1.29, 1.82) is 0 Å². The molecule has 112 valence electrons. The van der Waals surface area contributed by atoms with Crippen LogP contribution >= 0.6 is 0 Å². The Kier molecular flexibility index (Phi) is 3.63. The number of esters is 1. The van der Waals surface area contributed by atoms with Crippen molar-refractivity contribution in [2.24, 2.45) is 0 Å². The quantitative estimate of drug-likeness (QED) is 0.866. The molecule has 0 saturated heterocycles. The molecule has 0 saturated carbocycles. The highest BCUT2D eigenvalue weighted by molar-refractivity contribution is 5.94. The Hall–Kier alpha value is -2.15. The standard InChI is InChI=1S/C14H12F3NO3/c1-13(20,14(15,16)17)11-6-4-8-7-9(12(19)21-2)3-5-10(8)18-11/h3-7,20H,1-2H3. The average Bonchev–Trinajstić information content (AvgIpc) is 2.44. The lowest BCUT2D eigenvalue weighted by Gasteiger charge is -2.25. The van der Waals surface area contributed by atoms with Gasteiger partial charge >= 0.3 is 12.1 Å². The molecule has 1 N–H and O–H groups in total. The number of rotatable bonds is 2. The number of carbonyl (C=O) groups is 1. The Balaban J connectivity index is 2.51. The molecule has 2 aromatic rings. The predicted molar refractivity (Wildman–Crippen MR) is 68.7 cm³/mol. The summed E-state index contributed by atoms with van der Waals surface area (Å²) in [4.78, 5) is 15.2. The molecule has 0 amide bonds. The van der Waals surface area contributed by atoms with Crippen molar-refractivity contribution in [2.45, 2.75) is 18.7 Å². The first kappa shape index (κ1) is 15.2. The molecular formula is C14H12F3NO3. The zero-order valence-electron chi connectivity index (χ0n) is 11.2. The van der Waals surface area contributed by atoms with Gasteiger partial charge in [-0.25, -0.2) is 9.78 Å². The number of carbonyl (C=O) groups excluding carboxylic acids is 1. The molecule has 0 bridgehead atoms. The van der Waals surface area contributed by atoms with E-state index in [4.69, 9.17) is 0 Å². The van der Waals surface area contributed by atoms with Crippen LogP contribution in [0.15, 0.2) is 30.3 Å². The van der Waals surface area contributed by atoms with E-state index in [1.165, 1.54) is 31.4 Å². The number of hydrogen-bond donors (Lipinski definition) is 1. The van der Waals surface area contributed by atoms with Crippen LogP contribution < -0.4 is 0 Å². The number of nitrogens with zero attached hydrogens (tertiary/aromatic N) is 1. The number of aliphatic hydroxyl groups is 1. The van der Waals surface area contributed by atoms with E-state index in [-0.39, 0.29) is 11.1 Å². The monoisotopic (exact) mass is 299 g/mol. The lowest BCUT2D eigenvalue weighted by molar-refractivity contribution is -0.260. The molecule has 0 spiro atoms. The van der Waals surface area contributed by atoms with Crippen molar-refractivity contribution in [2.75, 3.05) is 7.11 Å². The van der Waals surface area contributed by atoms with E-state index in [9.17, 15) is 23.1 Å². The zero-order chi connectivity index (χ0) is 15.8. The van der Waals surface area contributed by atoms with Crippen LogP contribution in [0.1, 0.15) is 23.0 Å². The Morgan fingerprint density at radius 1 is 1.24 bits per heavy atom. The van der Waals surface area contributed by atoms with Gasteiger partial charge in [-0.3, -0.25) is 0 Å². The van der Waals surface area contributed by atoms with Gasteiger partial charge in [0, 0.05) is 5.39 Å². The molecule has 1 aromatic heterocycles. The Labute approximate surface area is 118 Å². The molecule has 0 fully saturated rings. The van der Waals surface area contributed by atoms with E-state index in [1.807, 2.05) is 0 Å². The fraction of sp³-hybridized carbons (Fsp3) is 0.286. The molecule has 0 aliphatic carbocycles. The van der Waals surface area contributed by atoms with Gasteiger partial charge in [-0.05, 0) is 31.2 Å². The van der Waals surface area contributed by atoms with E-state index in [0.29, 0.717) is 12.3 Å². The van der Waals surface area contributed by atoms with Crippen molar-refractivity contribution < 1.29 is 27.8 Å². The number of fused-ring (bicyclic) bond motifs is 1. The minimum absolute atomic E-state index is 0.240. The van der Waals surface area contributed by atoms with E-state index in [2.05, 4.69) is 9.72 Å². The highest BCUT2D eigenvalue weighted by Crippen LogP contribution is 2.38. The summed E-state index contributed by atoms with van der Waals surface area (Å²) >= 11 is 0. The topological polar surface area (TPSA) is 59.4 Å². The number of pyridine rings is 1. The van der Waals surface area contributed by atoms with Gasteiger partial charge in [-0.2, -0.15) is 13.2 Å². The largest absolute Gasteiger partial charge is 0.465 e. The molecule has 1 heterocycles. The van der Waals surface area contributed by atoms with Crippen molar-refractivity contribution >= 4 is 16.9 Å². The van der Waals surface area contributed by atoms with Gasteiger partial charge in [0.05, 0.1) is 23.9 Å². The minimum atomic E-state index is -4.83. The number of benzene rings is 1. The van der Waals surface area contributed by atoms with E-state index < -0.39 is 23.4 Å². The fourth-order valence-electron chi connectivity index (χ4n) is 1.79. The van der Waals surface area contributed by atoms with E-state index >= 15 is 0 Å². The van der Waals surface area contributed by atoms with Gasteiger partial charge in [-0.15, -0.1) is 0 Å². The van der Waals surface area contributed by atoms with Gasteiger partial charge in [0.1, 0.15) is 0 Å². The summed E-state index contributed by atoms with van der Waals surface area (Å²) in [7, 11) is 1.23. The molecule has 0 aliphatic heterocycles. The highest BCUT2D eigenvalue weighted by Gasteiger charge is 2.52. The number of aromatic nitrogens is 1. The maximum absolute atomic E-state index is 12.8. The third-order valence-corrected chi connectivity index (χ3v) is 3.16. The van der Waals surface area contributed by atoms with Gasteiger partial charge in [0.25, 0.3) is 0 Å². The maximum atomic E-state index is 12.8. The number of halogens is 3. The second kappa shape index (κ2) is 5.00. The van der Waals surface area contributed by atoms with Crippen molar-refractivity contribution in [3.63, 3.8) is 0 Å².